The number of anilines is 1. The van der Waals surface area contributed by atoms with E-state index in [0.29, 0.717) is 11.3 Å². The zero-order valence-corrected chi connectivity index (χ0v) is 29.9. The normalized spacial score (nSPS) is 17.3. The van der Waals surface area contributed by atoms with Crippen LogP contribution in [-0.4, -0.2) is 56.0 Å². The molecule has 2 aromatic heterocycles. The van der Waals surface area contributed by atoms with Crippen LogP contribution in [0.15, 0.2) is 54.9 Å². The van der Waals surface area contributed by atoms with Gasteiger partial charge in [-0.2, -0.15) is 5.10 Å². The topological polar surface area (TPSA) is 83.7 Å². The van der Waals surface area contributed by atoms with Gasteiger partial charge in [0, 0.05) is 67.0 Å². The van der Waals surface area contributed by atoms with Gasteiger partial charge < -0.3 is 14.7 Å². The molecule has 254 valence electrons. The first-order chi connectivity index (χ1) is 22.7. The maximum atomic E-state index is 12.9. The number of carbonyl (C=O) groups is 1. The molecule has 0 amide bonds. The van der Waals surface area contributed by atoms with Crippen molar-refractivity contribution in [2.24, 2.45) is 5.41 Å². The number of aliphatic carboxylic acids is 1. The van der Waals surface area contributed by atoms with E-state index in [1.165, 1.54) is 22.3 Å². The minimum atomic E-state index is -1.12. The molecule has 0 bridgehead atoms. The molecule has 1 unspecified atom stereocenters. The van der Waals surface area contributed by atoms with Crippen LogP contribution in [0, 0.1) is 26.2 Å². The fraction of sp³-hybridized carbons (Fsp3) is 0.475. The van der Waals surface area contributed by atoms with Crippen LogP contribution in [0.2, 0.25) is 0 Å². The lowest BCUT2D eigenvalue weighted by Gasteiger charge is -2.41. The summed E-state index contributed by atoms with van der Waals surface area (Å²) in [5, 5.41) is 15.2. The Morgan fingerprint density at radius 3 is 2.44 bits per heavy atom. The molecule has 2 aliphatic heterocycles. The molecule has 4 aromatic rings. The minimum Gasteiger partial charge on any atom is -0.479 e. The molecule has 0 spiro atoms. The molecule has 8 nitrogen and oxygen atoms in total. The second-order valence-electron chi connectivity index (χ2n) is 15.6. The highest BCUT2D eigenvalue weighted by Crippen LogP contribution is 2.45. The Labute approximate surface area is 285 Å². The standard InChI is InChI=1S/C40H51N5O3/c1-26-10-9-11-33(20-26)45-24-29(22-41-45)23-43-17-14-30-21-31(12-13-32(30)25-43)34-27(2)42-28(3)35(37(38(46)47)48-39(4,5)6)36(34)44-18-15-40(7,8)16-19-44/h9-13,20-22,24,37H,14-19,23,25H2,1-8H3,(H,46,47). The van der Waals surface area contributed by atoms with Crippen LogP contribution in [0.3, 0.4) is 0 Å². The first-order valence-electron chi connectivity index (χ1n) is 17.3. The number of hydrogen-bond acceptors (Lipinski definition) is 6. The molecular weight excluding hydrogens is 598 g/mol. The number of carboxylic acid groups (broad SMARTS) is 1. The smallest absolute Gasteiger partial charge is 0.337 e. The lowest BCUT2D eigenvalue weighted by molar-refractivity contribution is -0.160. The average molecular weight is 650 g/mol. The highest BCUT2D eigenvalue weighted by atomic mass is 16.5. The summed E-state index contributed by atoms with van der Waals surface area (Å²) in [6.07, 6.45) is 6.00. The van der Waals surface area contributed by atoms with Gasteiger partial charge in [0.15, 0.2) is 6.10 Å². The van der Waals surface area contributed by atoms with Crippen molar-refractivity contribution in [3.8, 4) is 16.8 Å². The number of aryl methyl sites for hydroxylation is 3. The third kappa shape index (κ3) is 7.35. The van der Waals surface area contributed by atoms with Gasteiger partial charge in [-0.15, -0.1) is 0 Å². The van der Waals surface area contributed by atoms with Crippen LogP contribution in [-0.2, 0) is 29.0 Å². The van der Waals surface area contributed by atoms with E-state index in [2.05, 4.69) is 91.3 Å². The van der Waals surface area contributed by atoms with Crippen molar-refractivity contribution in [1.82, 2.24) is 19.7 Å². The van der Waals surface area contributed by atoms with Crippen molar-refractivity contribution in [2.45, 2.75) is 99.4 Å². The molecule has 48 heavy (non-hydrogen) atoms. The molecule has 1 N–H and O–H groups in total. The van der Waals surface area contributed by atoms with Crippen molar-refractivity contribution in [3.05, 3.63) is 94.1 Å². The van der Waals surface area contributed by atoms with Crippen LogP contribution >= 0.6 is 0 Å². The summed E-state index contributed by atoms with van der Waals surface area (Å²) >= 11 is 0. The SMILES string of the molecule is Cc1cccc(-n2cc(CN3CCc4cc(-c5c(C)nc(C)c(C(OC(C)(C)C)C(=O)O)c5N5CCC(C)(C)CC5)ccc4C3)cn2)c1. The number of hydrogen-bond donors (Lipinski definition) is 1. The fourth-order valence-electron chi connectivity index (χ4n) is 7.27. The molecule has 1 saturated heterocycles. The van der Waals surface area contributed by atoms with E-state index in [1.54, 1.807) is 0 Å². The van der Waals surface area contributed by atoms with Gasteiger partial charge in [-0.25, -0.2) is 9.48 Å². The van der Waals surface area contributed by atoms with Crippen LogP contribution < -0.4 is 4.90 Å². The Morgan fingerprint density at radius 1 is 1.00 bits per heavy atom. The van der Waals surface area contributed by atoms with Crippen LogP contribution in [0.1, 0.15) is 92.8 Å². The third-order valence-corrected chi connectivity index (χ3v) is 9.86. The van der Waals surface area contributed by atoms with Crippen molar-refractivity contribution < 1.29 is 14.6 Å². The molecule has 1 atom stereocenters. The number of rotatable bonds is 8. The highest BCUT2D eigenvalue weighted by molar-refractivity contribution is 5.88. The second kappa shape index (κ2) is 13.1. The molecule has 0 aliphatic carbocycles. The zero-order valence-electron chi connectivity index (χ0n) is 29.9. The zero-order chi connectivity index (χ0) is 34.4. The summed E-state index contributed by atoms with van der Waals surface area (Å²) in [6.45, 7) is 20.8. The summed E-state index contributed by atoms with van der Waals surface area (Å²) in [5.41, 5.74) is 11.2. The van der Waals surface area contributed by atoms with E-state index in [9.17, 15) is 9.90 Å². The van der Waals surface area contributed by atoms with Crippen molar-refractivity contribution in [1.29, 1.82) is 0 Å². The monoisotopic (exact) mass is 649 g/mol. The lowest BCUT2D eigenvalue weighted by Crippen LogP contribution is -2.39. The Balaban J connectivity index is 1.33. The summed E-state index contributed by atoms with van der Waals surface area (Å²) in [4.78, 5) is 22.7. The van der Waals surface area contributed by atoms with Crippen molar-refractivity contribution in [2.75, 3.05) is 24.5 Å². The summed E-state index contributed by atoms with van der Waals surface area (Å²) < 4.78 is 8.23. The Kier molecular flexibility index (Phi) is 9.26. The van der Waals surface area contributed by atoms with E-state index in [1.807, 2.05) is 38.6 Å². The maximum Gasteiger partial charge on any atom is 0.337 e. The largest absolute Gasteiger partial charge is 0.479 e. The summed E-state index contributed by atoms with van der Waals surface area (Å²) in [7, 11) is 0. The molecular formula is C40H51N5O3. The number of aromatic nitrogens is 3. The van der Waals surface area contributed by atoms with E-state index in [0.717, 1.165) is 80.2 Å². The van der Waals surface area contributed by atoms with Crippen LogP contribution in [0.5, 0.6) is 0 Å². The van der Waals surface area contributed by atoms with E-state index < -0.39 is 17.7 Å². The summed E-state index contributed by atoms with van der Waals surface area (Å²) in [6, 6.07) is 15.2. The van der Waals surface area contributed by atoms with Gasteiger partial charge in [-0.3, -0.25) is 9.88 Å². The van der Waals surface area contributed by atoms with E-state index in [-0.39, 0.29) is 5.41 Å². The van der Waals surface area contributed by atoms with Crippen LogP contribution in [0.25, 0.3) is 16.8 Å². The van der Waals surface area contributed by atoms with Crippen molar-refractivity contribution >= 4 is 11.7 Å². The second-order valence-corrected chi connectivity index (χ2v) is 15.6. The first kappa shape index (κ1) is 33.9. The fourth-order valence-corrected chi connectivity index (χ4v) is 7.27. The van der Waals surface area contributed by atoms with E-state index >= 15 is 0 Å². The van der Waals surface area contributed by atoms with Crippen LogP contribution in [0.4, 0.5) is 5.69 Å². The molecule has 2 aromatic carbocycles. The van der Waals surface area contributed by atoms with Gasteiger partial charge in [0.05, 0.1) is 23.2 Å². The quantitative estimate of drug-likeness (QED) is 0.207. The van der Waals surface area contributed by atoms with Gasteiger partial charge in [0.2, 0.25) is 0 Å². The molecule has 0 saturated carbocycles. The van der Waals surface area contributed by atoms with Gasteiger partial charge in [-0.05, 0) is 101 Å². The number of benzene rings is 2. The van der Waals surface area contributed by atoms with E-state index in [4.69, 9.17) is 9.72 Å². The maximum absolute atomic E-state index is 12.9. The number of ether oxygens (including phenoxy) is 1. The highest BCUT2D eigenvalue weighted by Gasteiger charge is 2.36. The van der Waals surface area contributed by atoms with Gasteiger partial charge >= 0.3 is 5.97 Å². The third-order valence-electron chi connectivity index (χ3n) is 9.86. The number of nitrogens with zero attached hydrogens (tertiary/aromatic N) is 5. The number of carboxylic acids is 1. The molecule has 6 rings (SSSR count). The van der Waals surface area contributed by atoms with Crippen molar-refractivity contribution in [3.63, 3.8) is 0 Å². The predicted octanol–water partition coefficient (Wildman–Crippen LogP) is 7.99. The first-order valence-corrected chi connectivity index (χ1v) is 17.3. The number of piperidine rings is 1. The number of pyridine rings is 1. The average Bonchev–Trinajstić information content (AvgIpc) is 3.48. The Hall–Kier alpha value is -4.01. The van der Waals surface area contributed by atoms with Gasteiger partial charge in [0.1, 0.15) is 0 Å². The summed E-state index contributed by atoms with van der Waals surface area (Å²) in [5.74, 6) is -0.988. The minimum absolute atomic E-state index is 0.249. The predicted molar refractivity (Wildman–Crippen MR) is 192 cm³/mol. The lowest BCUT2D eigenvalue weighted by atomic mass is 9.81. The molecule has 8 heteroatoms. The molecule has 2 aliphatic rings. The Bertz CT molecular complexity index is 1810. The Morgan fingerprint density at radius 2 is 1.75 bits per heavy atom. The van der Waals surface area contributed by atoms with Gasteiger partial charge in [-0.1, -0.05) is 44.2 Å². The molecule has 1 fully saturated rings. The molecule has 4 heterocycles. The molecule has 0 radical (unpaired) electrons. The van der Waals surface area contributed by atoms with Gasteiger partial charge in [0.25, 0.3) is 0 Å². The number of fused-ring (bicyclic) bond motifs is 1.